The van der Waals surface area contributed by atoms with E-state index in [1.54, 1.807) is 0 Å². The van der Waals surface area contributed by atoms with Crippen molar-refractivity contribution in [3.63, 3.8) is 0 Å². The van der Waals surface area contributed by atoms with Crippen LogP contribution >= 0.6 is 0 Å². The van der Waals surface area contributed by atoms with Crippen LogP contribution < -0.4 is 10.2 Å². The molecule has 0 bridgehead atoms. The predicted molar refractivity (Wildman–Crippen MR) is 85.2 cm³/mol. The van der Waals surface area contributed by atoms with Gasteiger partial charge in [0.15, 0.2) is 0 Å². The Morgan fingerprint density at radius 3 is 2.60 bits per heavy atom. The third kappa shape index (κ3) is 4.18. The molecule has 0 atom stereocenters. The fraction of sp³-hybridized carbons (Fsp3) is 0.688. The average molecular weight is 276 g/mol. The molecule has 4 heteroatoms. The molecule has 1 aromatic heterocycles. The second-order valence-electron chi connectivity index (χ2n) is 6.27. The van der Waals surface area contributed by atoms with E-state index in [9.17, 15) is 0 Å². The topological polar surface area (TPSA) is 31.4 Å². The number of piperazine rings is 1. The zero-order valence-corrected chi connectivity index (χ0v) is 13.3. The summed E-state index contributed by atoms with van der Waals surface area (Å²) in [6, 6.07) is 2.23. The van der Waals surface area contributed by atoms with E-state index in [4.69, 9.17) is 0 Å². The van der Waals surface area contributed by atoms with Crippen molar-refractivity contribution in [3.8, 4) is 0 Å². The molecule has 1 aliphatic heterocycles. The number of nitrogens with zero attached hydrogens (tertiary/aromatic N) is 3. The number of likely N-dealkylation sites (N-methyl/N-ethyl adjacent to an activating group) is 1. The molecule has 1 aromatic rings. The lowest BCUT2D eigenvalue weighted by molar-refractivity contribution is 0.312. The van der Waals surface area contributed by atoms with Gasteiger partial charge in [0.05, 0.1) is 0 Å². The Bertz CT molecular complexity index is 422. The van der Waals surface area contributed by atoms with E-state index in [1.165, 1.54) is 11.3 Å². The van der Waals surface area contributed by atoms with E-state index in [1.807, 2.05) is 6.20 Å². The highest BCUT2D eigenvalue weighted by Crippen LogP contribution is 2.22. The van der Waals surface area contributed by atoms with Crippen LogP contribution in [0.25, 0.3) is 0 Å². The molecule has 0 spiro atoms. The summed E-state index contributed by atoms with van der Waals surface area (Å²) < 4.78 is 0. The van der Waals surface area contributed by atoms with Gasteiger partial charge in [0.2, 0.25) is 0 Å². The SMILES string of the molecule is Cc1cc(N2CCN(C)CC2)c(CNCC(C)C)cn1. The molecule has 1 fully saturated rings. The van der Waals surface area contributed by atoms with Gasteiger partial charge in [0.1, 0.15) is 0 Å². The van der Waals surface area contributed by atoms with Crippen molar-refractivity contribution in [3.05, 3.63) is 23.5 Å². The van der Waals surface area contributed by atoms with Crippen molar-refractivity contribution in [2.45, 2.75) is 27.3 Å². The van der Waals surface area contributed by atoms with Crippen molar-refractivity contribution < 1.29 is 0 Å². The fourth-order valence-corrected chi connectivity index (χ4v) is 2.55. The molecule has 2 rings (SSSR count). The van der Waals surface area contributed by atoms with Crippen LogP contribution in [-0.2, 0) is 6.54 Å². The summed E-state index contributed by atoms with van der Waals surface area (Å²) in [5.41, 5.74) is 3.79. The smallest absolute Gasteiger partial charge is 0.0446 e. The Balaban J connectivity index is 2.07. The van der Waals surface area contributed by atoms with Crippen LogP contribution in [0.15, 0.2) is 12.3 Å². The number of aryl methyl sites for hydroxylation is 1. The second kappa shape index (κ2) is 7.04. The normalized spacial score (nSPS) is 16.9. The molecule has 1 saturated heterocycles. The number of nitrogens with one attached hydrogen (secondary N) is 1. The highest BCUT2D eigenvalue weighted by atomic mass is 15.2. The molecule has 0 aromatic carbocycles. The number of hydrogen-bond acceptors (Lipinski definition) is 4. The Morgan fingerprint density at radius 2 is 1.95 bits per heavy atom. The minimum atomic E-state index is 0.681. The van der Waals surface area contributed by atoms with E-state index >= 15 is 0 Å². The number of aromatic nitrogens is 1. The van der Waals surface area contributed by atoms with Crippen LogP contribution in [-0.4, -0.2) is 49.7 Å². The molecule has 0 amide bonds. The second-order valence-corrected chi connectivity index (χ2v) is 6.27. The standard InChI is InChI=1S/C16H28N4/c1-13(2)10-17-11-15-12-18-14(3)9-16(15)20-7-5-19(4)6-8-20/h9,12-13,17H,5-8,10-11H2,1-4H3. The quantitative estimate of drug-likeness (QED) is 0.890. The van der Waals surface area contributed by atoms with Crippen molar-refractivity contribution in [2.75, 3.05) is 44.7 Å². The summed E-state index contributed by atoms with van der Waals surface area (Å²) in [7, 11) is 2.19. The molecule has 20 heavy (non-hydrogen) atoms. The van der Waals surface area contributed by atoms with E-state index < -0.39 is 0 Å². The summed E-state index contributed by atoms with van der Waals surface area (Å²) >= 11 is 0. The summed E-state index contributed by atoms with van der Waals surface area (Å²) in [6.07, 6.45) is 2.04. The van der Waals surface area contributed by atoms with Gasteiger partial charge in [-0.05, 0) is 32.5 Å². The maximum absolute atomic E-state index is 4.47. The molecule has 112 valence electrons. The van der Waals surface area contributed by atoms with Crippen LogP contribution in [0.5, 0.6) is 0 Å². The molecule has 0 unspecified atom stereocenters. The van der Waals surface area contributed by atoms with Gasteiger partial charge < -0.3 is 15.1 Å². The molecular weight excluding hydrogens is 248 g/mol. The molecule has 1 aliphatic rings. The maximum Gasteiger partial charge on any atom is 0.0446 e. The first-order valence-corrected chi connectivity index (χ1v) is 7.66. The lowest BCUT2D eigenvalue weighted by Crippen LogP contribution is -2.45. The van der Waals surface area contributed by atoms with E-state index in [2.05, 4.69) is 54.0 Å². The third-order valence-electron chi connectivity index (χ3n) is 3.81. The van der Waals surface area contributed by atoms with Crippen molar-refractivity contribution in [1.82, 2.24) is 15.2 Å². The lowest BCUT2D eigenvalue weighted by Gasteiger charge is -2.35. The zero-order chi connectivity index (χ0) is 14.5. The highest BCUT2D eigenvalue weighted by Gasteiger charge is 2.17. The van der Waals surface area contributed by atoms with E-state index in [0.29, 0.717) is 5.92 Å². The van der Waals surface area contributed by atoms with E-state index in [-0.39, 0.29) is 0 Å². The number of pyridine rings is 1. The fourth-order valence-electron chi connectivity index (χ4n) is 2.55. The first-order chi connectivity index (χ1) is 9.56. The van der Waals surface area contributed by atoms with Crippen LogP contribution in [0.3, 0.4) is 0 Å². The average Bonchev–Trinajstić information content (AvgIpc) is 2.41. The van der Waals surface area contributed by atoms with Crippen molar-refractivity contribution >= 4 is 5.69 Å². The Labute approximate surface area is 123 Å². The minimum Gasteiger partial charge on any atom is -0.369 e. The van der Waals surface area contributed by atoms with Crippen LogP contribution in [0.4, 0.5) is 5.69 Å². The minimum absolute atomic E-state index is 0.681. The summed E-state index contributed by atoms with van der Waals surface area (Å²) in [5.74, 6) is 0.681. The third-order valence-corrected chi connectivity index (χ3v) is 3.81. The monoisotopic (exact) mass is 276 g/mol. The maximum atomic E-state index is 4.47. The summed E-state index contributed by atoms with van der Waals surface area (Å²) in [5, 5.41) is 3.53. The van der Waals surface area contributed by atoms with Gasteiger partial charge in [-0.25, -0.2) is 0 Å². The van der Waals surface area contributed by atoms with Gasteiger partial charge in [-0.2, -0.15) is 0 Å². The van der Waals surface area contributed by atoms with Gasteiger partial charge in [-0.15, -0.1) is 0 Å². The summed E-state index contributed by atoms with van der Waals surface area (Å²) in [6.45, 7) is 13.0. The molecule has 2 heterocycles. The first-order valence-electron chi connectivity index (χ1n) is 7.66. The van der Waals surface area contributed by atoms with Crippen LogP contribution in [0.1, 0.15) is 25.1 Å². The highest BCUT2D eigenvalue weighted by molar-refractivity contribution is 5.54. The van der Waals surface area contributed by atoms with E-state index in [0.717, 1.165) is 45.0 Å². The molecule has 0 radical (unpaired) electrons. The summed E-state index contributed by atoms with van der Waals surface area (Å²) in [4.78, 5) is 9.36. The van der Waals surface area contributed by atoms with Crippen molar-refractivity contribution in [2.24, 2.45) is 5.92 Å². The van der Waals surface area contributed by atoms with Crippen LogP contribution in [0, 0.1) is 12.8 Å². The Hall–Kier alpha value is -1.13. The number of anilines is 1. The van der Waals surface area contributed by atoms with Gasteiger partial charge >= 0.3 is 0 Å². The zero-order valence-electron chi connectivity index (χ0n) is 13.3. The molecule has 1 N–H and O–H groups in total. The predicted octanol–water partition coefficient (Wildman–Crippen LogP) is 1.89. The van der Waals surface area contributed by atoms with Gasteiger partial charge in [-0.1, -0.05) is 13.8 Å². The first kappa shape index (κ1) is 15.3. The van der Waals surface area contributed by atoms with Gasteiger partial charge in [0, 0.05) is 55.9 Å². The van der Waals surface area contributed by atoms with Crippen LogP contribution in [0.2, 0.25) is 0 Å². The van der Waals surface area contributed by atoms with Gasteiger partial charge in [0.25, 0.3) is 0 Å². The Morgan fingerprint density at radius 1 is 1.25 bits per heavy atom. The van der Waals surface area contributed by atoms with Crippen molar-refractivity contribution in [1.29, 1.82) is 0 Å². The molecular formula is C16H28N4. The molecule has 0 aliphatic carbocycles. The number of rotatable bonds is 5. The molecule has 0 saturated carbocycles. The molecule has 4 nitrogen and oxygen atoms in total. The Kier molecular flexibility index (Phi) is 5.38. The largest absolute Gasteiger partial charge is 0.369 e. The number of hydrogen-bond donors (Lipinski definition) is 1. The lowest BCUT2D eigenvalue weighted by atomic mass is 10.1. The van der Waals surface area contributed by atoms with Gasteiger partial charge in [-0.3, -0.25) is 4.98 Å².